The molecule has 0 spiro atoms. The van der Waals surface area contributed by atoms with Gasteiger partial charge in [-0.3, -0.25) is 4.79 Å². The van der Waals surface area contributed by atoms with E-state index in [0.29, 0.717) is 6.29 Å². The summed E-state index contributed by atoms with van der Waals surface area (Å²) in [6.45, 7) is 3.83. The SMILES string of the molecule is C=CCn1c(Cl)c(C=O)s/c1=N/S(=O)(=O)c1ccc(Br)cc1. The summed E-state index contributed by atoms with van der Waals surface area (Å²) in [6.07, 6.45) is 2.11. The van der Waals surface area contributed by atoms with Gasteiger partial charge < -0.3 is 4.57 Å². The number of aldehydes is 1. The molecule has 0 saturated carbocycles. The molecule has 0 aliphatic rings. The molecule has 22 heavy (non-hydrogen) atoms. The van der Waals surface area contributed by atoms with Gasteiger partial charge in [-0.25, -0.2) is 0 Å². The van der Waals surface area contributed by atoms with Crippen LogP contribution < -0.4 is 4.80 Å². The van der Waals surface area contributed by atoms with Gasteiger partial charge in [-0.15, -0.1) is 11.0 Å². The standard InChI is InChI=1S/C13H10BrClN2O3S2/c1-2-7-17-12(15)11(8-18)21-13(17)16-22(19,20)10-5-3-9(14)4-6-10/h2-6,8H,1,7H2/b16-13+. The number of halogens is 2. The van der Waals surface area contributed by atoms with Gasteiger partial charge in [0.15, 0.2) is 6.29 Å². The second-order valence-electron chi connectivity index (χ2n) is 4.08. The Morgan fingerprint density at radius 2 is 2.00 bits per heavy atom. The third-order valence-corrected chi connectivity index (χ3v) is 6.05. The fourth-order valence-corrected chi connectivity index (χ4v) is 4.27. The van der Waals surface area contributed by atoms with Crippen LogP contribution in [0.25, 0.3) is 0 Å². The molecular weight excluding hydrogens is 412 g/mol. The normalized spacial score (nSPS) is 12.4. The Morgan fingerprint density at radius 3 is 2.55 bits per heavy atom. The minimum atomic E-state index is -3.90. The zero-order valence-corrected chi connectivity index (χ0v) is 15.0. The van der Waals surface area contributed by atoms with Crippen molar-refractivity contribution in [2.75, 3.05) is 0 Å². The fraction of sp³-hybridized carbons (Fsp3) is 0.0769. The van der Waals surface area contributed by atoms with Crippen LogP contribution in [0.4, 0.5) is 0 Å². The van der Waals surface area contributed by atoms with E-state index in [2.05, 4.69) is 26.9 Å². The predicted octanol–water partition coefficient (Wildman–Crippen LogP) is 3.25. The molecule has 0 N–H and O–H groups in total. The highest BCUT2D eigenvalue weighted by Gasteiger charge is 2.16. The number of rotatable bonds is 5. The largest absolute Gasteiger partial charge is 0.302 e. The maximum Gasteiger partial charge on any atom is 0.285 e. The van der Waals surface area contributed by atoms with Crippen molar-refractivity contribution >= 4 is 55.2 Å². The maximum absolute atomic E-state index is 12.3. The number of allylic oxidation sites excluding steroid dienone is 1. The number of carbonyl (C=O) groups excluding carboxylic acids is 1. The van der Waals surface area contributed by atoms with E-state index in [1.54, 1.807) is 18.2 Å². The summed E-state index contributed by atoms with van der Waals surface area (Å²) in [7, 11) is -3.90. The smallest absolute Gasteiger partial charge is 0.285 e. The van der Waals surface area contributed by atoms with Gasteiger partial charge in [0, 0.05) is 11.0 Å². The summed E-state index contributed by atoms with van der Waals surface area (Å²) in [5, 5.41) is 0.143. The van der Waals surface area contributed by atoms with E-state index in [0.717, 1.165) is 15.8 Å². The minimum absolute atomic E-state index is 0.0537. The van der Waals surface area contributed by atoms with E-state index in [1.165, 1.54) is 16.7 Å². The van der Waals surface area contributed by atoms with Crippen LogP contribution >= 0.6 is 38.9 Å². The van der Waals surface area contributed by atoms with Crippen molar-refractivity contribution in [2.45, 2.75) is 11.4 Å². The molecule has 2 rings (SSSR count). The fourth-order valence-electron chi connectivity index (χ4n) is 1.60. The van der Waals surface area contributed by atoms with Crippen molar-refractivity contribution in [3.63, 3.8) is 0 Å². The highest BCUT2D eigenvalue weighted by Crippen LogP contribution is 2.19. The molecule has 2 aromatic rings. The first kappa shape index (κ1) is 17.1. The van der Waals surface area contributed by atoms with Crippen molar-refractivity contribution < 1.29 is 13.2 Å². The number of thiazole rings is 1. The number of benzene rings is 1. The zero-order valence-electron chi connectivity index (χ0n) is 11.1. The third kappa shape index (κ3) is 3.57. The van der Waals surface area contributed by atoms with Crippen molar-refractivity contribution in [1.82, 2.24) is 4.57 Å². The molecule has 0 aliphatic carbocycles. The third-order valence-electron chi connectivity index (χ3n) is 2.60. The number of hydrogen-bond donors (Lipinski definition) is 0. The molecule has 5 nitrogen and oxygen atoms in total. The van der Waals surface area contributed by atoms with Crippen LogP contribution in [0.1, 0.15) is 9.67 Å². The number of sulfonamides is 1. The summed E-state index contributed by atoms with van der Waals surface area (Å²) >= 11 is 10.2. The first-order chi connectivity index (χ1) is 10.4. The summed E-state index contributed by atoms with van der Waals surface area (Å²) < 4.78 is 30.6. The topological polar surface area (TPSA) is 68.5 Å². The molecule has 1 heterocycles. The summed E-state index contributed by atoms with van der Waals surface area (Å²) in [5.41, 5.74) is 0. The van der Waals surface area contributed by atoms with Gasteiger partial charge in [-0.2, -0.15) is 8.42 Å². The molecule has 0 atom stereocenters. The van der Waals surface area contributed by atoms with Crippen molar-refractivity contribution in [3.8, 4) is 0 Å². The lowest BCUT2D eigenvalue weighted by molar-refractivity contribution is 0.112. The van der Waals surface area contributed by atoms with Gasteiger partial charge in [0.25, 0.3) is 10.0 Å². The van der Waals surface area contributed by atoms with E-state index in [-0.39, 0.29) is 26.3 Å². The Bertz CT molecular complexity index is 883. The molecule has 0 radical (unpaired) electrons. The van der Waals surface area contributed by atoms with E-state index in [4.69, 9.17) is 11.6 Å². The van der Waals surface area contributed by atoms with Crippen molar-refractivity contribution in [1.29, 1.82) is 0 Å². The van der Waals surface area contributed by atoms with E-state index >= 15 is 0 Å². The molecule has 9 heteroatoms. The van der Waals surface area contributed by atoms with Crippen molar-refractivity contribution in [3.05, 3.63) is 56.2 Å². The quantitative estimate of drug-likeness (QED) is 0.550. The average Bonchev–Trinajstić information content (AvgIpc) is 2.76. The van der Waals surface area contributed by atoms with E-state index in [9.17, 15) is 13.2 Å². The van der Waals surface area contributed by atoms with Crippen LogP contribution in [-0.4, -0.2) is 19.3 Å². The lowest BCUT2D eigenvalue weighted by Gasteiger charge is -2.01. The Morgan fingerprint density at radius 1 is 1.36 bits per heavy atom. The molecule has 0 bridgehead atoms. The van der Waals surface area contributed by atoms with Crippen LogP contribution in [0.15, 0.2) is 50.7 Å². The average molecular weight is 422 g/mol. The molecule has 0 saturated heterocycles. The maximum atomic E-state index is 12.3. The van der Waals surface area contributed by atoms with Gasteiger partial charge in [0.2, 0.25) is 4.80 Å². The lowest BCUT2D eigenvalue weighted by Crippen LogP contribution is -2.16. The van der Waals surface area contributed by atoms with Crippen LogP contribution in [0.3, 0.4) is 0 Å². The van der Waals surface area contributed by atoms with Gasteiger partial charge >= 0.3 is 0 Å². The Balaban J connectivity index is 2.63. The van der Waals surface area contributed by atoms with Crippen LogP contribution in [-0.2, 0) is 16.6 Å². The Labute approximate surface area is 144 Å². The lowest BCUT2D eigenvalue weighted by atomic mass is 10.4. The Hall–Kier alpha value is -1.22. The van der Waals surface area contributed by atoms with Gasteiger partial charge in [0.1, 0.15) is 10.0 Å². The molecular formula is C13H10BrClN2O3S2. The number of hydrogen-bond acceptors (Lipinski definition) is 4. The number of carbonyl (C=O) groups is 1. The molecule has 1 aromatic heterocycles. The molecule has 0 amide bonds. The molecule has 0 unspecified atom stereocenters. The molecule has 0 aliphatic heterocycles. The van der Waals surface area contributed by atoms with Crippen molar-refractivity contribution in [2.24, 2.45) is 4.40 Å². The second kappa shape index (κ2) is 6.91. The van der Waals surface area contributed by atoms with Crippen LogP contribution in [0, 0.1) is 0 Å². The summed E-state index contributed by atoms with van der Waals surface area (Å²) in [4.78, 5) is 11.4. The summed E-state index contributed by atoms with van der Waals surface area (Å²) in [5.74, 6) is 0. The molecule has 1 aromatic carbocycles. The monoisotopic (exact) mass is 420 g/mol. The van der Waals surface area contributed by atoms with Crippen LogP contribution in [0.2, 0.25) is 5.15 Å². The number of aromatic nitrogens is 1. The van der Waals surface area contributed by atoms with E-state index < -0.39 is 10.0 Å². The van der Waals surface area contributed by atoms with Gasteiger partial charge in [-0.1, -0.05) is 44.9 Å². The first-order valence-electron chi connectivity index (χ1n) is 5.91. The summed E-state index contributed by atoms with van der Waals surface area (Å²) in [6, 6.07) is 6.10. The highest BCUT2D eigenvalue weighted by molar-refractivity contribution is 9.10. The minimum Gasteiger partial charge on any atom is -0.302 e. The zero-order chi connectivity index (χ0) is 16.3. The highest BCUT2D eigenvalue weighted by atomic mass is 79.9. The second-order valence-corrected chi connectivity index (χ2v) is 7.96. The molecule has 116 valence electrons. The van der Waals surface area contributed by atoms with Gasteiger partial charge in [-0.05, 0) is 24.3 Å². The molecule has 0 fully saturated rings. The Kier molecular flexibility index (Phi) is 5.38. The number of nitrogens with zero attached hydrogens (tertiary/aromatic N) is 2. The van der Waals surface area contributed by atoms with E-state index in [1.807, 2.05) is 0 Å². The predicted molar refractivity (Wildman–Crippen MR) is 89.8 cm³/mol. The van der Waals surface area contributed by atoms with Crippen LogP contribution in [0.5, 0.6) is 0 Å². The van der Waals surface area contributed by atoms with Gasteiger partial charge in [0.05, 0.1) is 4.90 Å². The first-order valence-corrected chi connectivity index (χ1v) is 9.33.